The van der Waals surface area contributed by atoms with Gasteiger partial charge in [-0.2, -0.15) is 0 Å². The molecule has 1 heterocycles. The average Bonchev–Trinajstić information content (AvgIpc) is 3.13. The number of nitrogens with two attached hydrogens (primary N) is 1. The average molecular weight is 374 g/mol. The summed E-state index contributed by atoms with van der Waals surface area (Å²) in [6.07, 6.45) is 2.91. The number of carbonyl (C=O) groups excluding carboxylic acids is 1. The van der Waals surface area contributed by atoms with Gasteiger partial charge in [-0.05, 0) is 49.2 Å². The summed E-state index contributed by atoms with van der Waals surface area (Å²) >= 11 is 0. The van der Waals surface area contributed by atoms with Gasteiger partial charge < -0.3 is 15.5 Å². The van der Waals surface area contributed by atoms with Gasteiger partial charge in [0.1, 0.15) is 0 Å². The summed E-state index contributed by atoms with van der Waals surface area (Å²) < 4.78 is 0. The van der Waals surface area contributed by atoms with Crippen molar-refractivity contribution in [2.24, 2.45) is 0 Å². The quantitative estimate of drug-likeness (QED) is 0.788. The van der Waals surface area contributed by atoms with Crippen LogP contribution in [0.3, 0.4) is 0 Å². The number of amides is 1. The smallest absolute Gasteiger partial charge is 0.227 e. The van der Waals surface area contributed by atoms with Crippen molar-refractivity contribution in [1.29, 1.82) is 0 Å². The Balaban J connectivity index is 0.00000243. The van der Waals surface area contributed by atoms with Crippen LogP contribution in [-0.4, -0.2) is 42.4 Å². The van der Waals surface area contributed by atoms with Crippen molar-refractivity contribution < 1.29 is 4.79 Å². The van der Waals surface area contributed by atoms with Crippen molar-refractivity contribution in [2.75, 3.05) is 32.4 Å². The Kier molecular flexibility index (Phi) is 7.49. The van der Waals surface area contributed by atoms with Gasteiger partial charge in [0.15, 0.2) is 0 Å². The molecule has 2 N–H and O–H groups in total. The maximum absolute atomic E-state index is 12.9. The fourth-order valence-electron chi connectivity index (χ4n) is 3.50. The number of anilines is 1. The van der Waals surface area contributed by atoms with E-state index in [1.54, 1.807) is 0 Å². The number of hydrogen-bond acceptors (Lipinski definition) is 3. The molecule has 0 radical (unpaired) electrons. The molecule has 3 rings (SSSR count). The summed E-state index contributed by atoms with van der Waals surface area (Å²) in [5, 5.41) is 0. The molecule has 0 aromatic heterocycles. The van der Waals surface area contributed by atoms with Crippen LogP contribution in [0.4, 0.5) is 5.69 Å². The van der Waals surface area contributed by atoms with Gasteiger partial charge in [-0.1, -0.05) is 42.5 Å². The molecule has 1 atom stereocenters. The second-order valence-electron chi connectivity index (χ2n) is 6.86. The van der Waals surface area contributed by atoms with Gasteiger partial charge in [-0.15, -0.1) is 12.4 Å². The first-order chi connectivity index (χ1) is 12.1. The predicted molar refractivity (Wildman–Crippen MR) is 109 cm³/mol. The fourth-order valence-corrected chi connectivity index (χ4v) is 3.50. The zero-order valence-corrected chi connectivity index (χ0v) is 16.1. The minimum atomic E-state index is 0. The highest BCUT2D eigenvalue weighted by Crippen LogP contribution is 2.25. The largest absolute Gasteiger partial charge is 0.399 e. The number of rotatable bonds is 6. The van der Waals surface area contributed by atoms with Crippen molar-refractivity contribution in [1.82, 2.24) is 9.80 Å². The molecule has 1 aliphatic rings. The third-order valence-electron chi connectivity index (χ3n) is 4.98. The number of nitrogens with zero attached hydrogens (tertiary/aromatic N) is 2. The molecule has 5 heteroatoms. The first-order valence-corrected chi connectivity index (χ1v) is 9.01. The molecule has 26 heavy (non-hydrogen) atoms. The molecule has 0 saturated carbocycles. The van der Waals surface area contributed by atoms with Crippen molar-refractivity contribution >= 4 is 24.0 Å². The lowest BCUT2D eigenvalue weighted by atomic mass is 10.0. The molecule has 140 valence electrons. The Morgan fingerprint density at radius 2 is 1.81 bits per heavy atom. The third kappa shape index (κ3) is 5.23. The maximum Gasteiger partial charge on any atom is 0.227 e. The predicted octanol–water partition coefficient (Wildman–Crippen LogP) is 3.53. The Morgan fingerprint density at radius 3 is 2.46 bits per heavy atom. The van der Waals surface area contributed by atoms with Gasteiger partial charge in [-0.3, -0.25) is 4.79 Å². The second kappa shape index (κ2) is 9.60. The van der Waals surface area contributed by atoms with Gasteiger partial charge in [0, 0.05) is 19.3 Å². The highest BCUT2D eigenvalue weighted by Gasteiger charge is 2.25. The zero-order chi connectivity index (χ0) is 17.6. The van der Waals surface area contributed by atoms with E-state index < -0.39 is 0 Å². The van der Waals surface area contributed by atoms with Gasteiger partial charge >= 0.3 is 0 Å². The van der Waals surface area contributed by atoms with Crippen molar-refractivity contribution in [2.45, 2.75) is 25.3 Å². The molecule has 2 aromatic rings. The molecule has 1 aliphatic heterocycles. The summed E-state index contributed by atoms with van der Waals surface area (Å²) in [6.45, 7) is 3.08. The third-order valence-corrected chi connectivity index (χ3v) is 4.98. The Labute approximate surface area is 162 Å². The van der Waals surface area contributed by atoms with E-state index in [4.69, 9.17) is 5.73 Å². The maximum atomic E-state index is 12.9. The van der Waals surface area contributed by atoms with Crippen LogP contribution in [0.15, 0.2) is 54.6 Å². The molecule has 4 nitrogen and oxygen atoms in total. The van der Waals surface area contributed by atoms with Gasteiger partial charge in [-0.25, -0.2) is 0 Å². The number of hydrogen-bond donors (Lipinski definition) is 1. The topological polar surface area (TPSA) is 49.6 Å². The monoisotopic (exact) mass is 373 g/mol. The van der Waals surface area contributed by atoms with E-state index in [1.807, 2.05) is 60.5 Å². The SMILES string of the molecule is CN(C(=O)Cc1ccccc1)[C@H](CN1CCCC1)c1cccc(N)c1.Cl. The summed E-state index contributed by atoms with van der Waals surface area (Å²) in [6, 6.07) is 17.9. The molecule has 0 unspecified atom stereocenters. The number of benzene rings is 2. The van der Waals surface area contributed by atoms with Crippen LogP contribution < -0.4 is 5.73 Å². The normalized spacial score (nSPS) is 15.3. The highest BCUT2D eigenvalue weighted by molar-refractivity contribution is 5.85. The molecule has 1 saturated heterocycles. The van der Waals surface area contributed by atoms with E-state index in [1.165, 1.54) is 12.8 Å². The van der Waals surface area contributed by atoms with Crippen LogP contribution in [0, 0.1) is 0 Å². The molecule has 0 spiro atoms. The molecular weight excluding hydrogens is 346 g/mol. The second-order valence-corrected chi connectivity index (χ2v) is 6.86. The van der Waals surface area contributed by atoms with E-state index in [9.17, 15) is 4.79 Å². The first kappa shape index (κ1) is 20.3. The van der Waals surface area contributed by atoms with Gasteiger partial charge in [0.25, 0.3) is 0 Å². The van der Waals surface area contributed by atoms with Gasteiger partial charge in [0.2, 0.25) is 5.91 Å². The van der Waals surface area contributed by atoms with Crippen molar-refractivity contribution in [3.63, 3.8) is 0 Å². The minimum Gasteiger partial charge on any atom is -0.399 e. The number of halogens is 1. The first-order valence-electron chi connectivity index (χ1n) is 9.01. The van der Waals surface area contributed by atoms with Crippen molar-refractivity contribution in [3.8, 4) is 0 Å². The van der Waals surface area contributed by atoms with E-state index in [0.717, 1.165) is 36.4 Å². The summed E-state index contributed by atoms with van der Waals surface area (Å²) in [7, 11) is 1.91. The molecular formula is C21H28ClN3O. The van der Waals surface area contributed by atoms with Crippen LogP contribution in [-0.2, 0) is 11.2 Å². The molecule has 0 bridgehead atoms. The number of nitrogen functional groups attached to an aromatic ring is 1. The Bertz CT molecular complexity index is 701. The van der Waals surface area contributed by atoms with Gasteiger partial charge in [0.05, 0.1) is 12.5 Å². The summed E-state index contributed by atoms with van der Waals surface area (Å²) in [4.78, 5) is 17.2. The summed E-state index contributed by atoms with van der Waals surface area (Å²) in [5.41, 5.74) is 8.89. The van der Waals surface area contributed by atoms with E-state index in [2.05, 4.69) is 11.0 Å². The standard InChI is InChI=1S/C21H27N3O.ClH/c1-23(21(25)14-17-8-3-2-4-9-17)20(16-24-12-5-6-13-24)18-10-7-11-19(22)15-18;/h2-4,7-11,15,20H,5-6,12-14,16,22H2,1H3;1H/t20-;/m1./s1. The zero-order valence-electron chi connectivity index (χ0n) is 15.3. The molecule has 2 aromatic carbocycles. The van der Waals surface area contributed by atoms with E-state index in [0.29, 0.717) is 6.42 Å². The number of carbonyl (C=O) groups is 1. The highest BCUT2D eigenvalue weighted by atomic mass is 35.5. The van der Waals surface area contributed by atoms with Crippen molar-refractivity contribution in [3.05, 3.63) is 65.7 Å². The van der Waals surface area contributed by atoms with E-state index >= 15 is 0 Å². The Hall–Kier alpha value is -2.04. The van der Waals surface area contributed by atoms with Crippen LogP contribution in [0.2, 0.25) is 0 Å². The van der Waals surface area contributed by atoms with Crippen LogP contribution in [0.5, 0.6) is 0 Å². The van der Waals surface area contributed by atoms with Crippen LogP contribution in [0.25, 0.3) is 0 Å². The number of likely N-dealkylation sites (tertiary alicyclic amines) is 1. The van der Waals surface area contributed by atoms with E-state index in [-0.39, 0.29) is 24.4 Å². The summed E-state index contributed by atoms with van der Waals surface area (Å²) in [5.74, 6) is 0.137. The van der Waals surface area contributed by atoms with Crippen LogP contribution >= 0.6 is 12.4 Å². The fraction of sp³-hybridized carbons (Fsp3) is 0.381. The minimum absolute atomic E-state index is 0. The molecule has 1 amide bonds. The molecule has 1 fully saturated rings. The Morgan fingerprint density at radius 1 is 1.12 bits per heavy atom. The molecule has 0 aliphatic carbocycles. The lowest BCUT2D eigenvalue weighted by Crippen LogP contribution is -2.39. The lowest BCUT2D eigenvalue weighted by molar-refractivity contribution is -0.131. The van der Waals surface area contributed by atoms with Crippen LogP contribution in [0.1, 0.15) is 30.0 Å². The number of likely N-dealkylation sites (N-methyl/N-ethyl adjacent to an activating group) is 1. The lowest BCUT2D eigenvalue weighted by Gasteiger charge is -2.32.